The topological polar surface area (TPSA) is 64.6 Å². The van der Waals surface area contributed by atoms with E-state index in [1.165, 1.54) is 0 Å². The molecule has 5 nitrogen and oxygen atoms in total. The van der Waals surface area contributed by atoms with Crippen LogP contribution in [-0.4, -0.2) is 34.8 Å². The molecule has 0 amide bonds. The quantitative estimate of drug-likeness (QED) is 0.875. The smallest absolute Gasteiger partial charge is 0.240 e. The zero-order chi connectivity index (χ0) is 15.5. The average Bonchev–Trinajstić information content (AvgIpc) is 2.97. The summed E-state index contributed by atoms with van der Waals surface area (Å²) in [5.74, 6) is 0.899. The van der Waals surface area contributed by atoms with Crippen LogP contribution in [0.5, 0.6) is 5.75 Å². The largest absolute Gasteiger partial charge is 0.496 e. The second-order valence-corrected chi connectivity index (χ2v) is 7.31. The summed E-state index contributed by atoms with van der Waals surface area (Å²) in [6, 6.07) is 4.96. The summed E-state index contributed by atoms with van der Waals surface area (Å²) in [6.07, 6.45) is 1.89. The Morgan fingerprint density at radius 2 is 2.19 bits per heavy atom. The normalized spacial score (nSPS) is 19.1. The number of benzene rings is 1. The molecule has 1 N–H and O–H groups in total. The molecule has 6 heteroatoms. The summed E-state index contributed by atoms with van der Waals surface area (Å²) >= 11 is 0. The van der Waals surface area contributed by atoms with Crippen molar-refractivity contribution in [2.45, 2.75) is 43.6 Å². The predicted molar refractivity (Wildman–Crippen MR) is 81.2 cm³/mol. The maximum atomic E-state index is 12.4. The first-order valence-electron chi connectivity index (χ1n) is 7.23. The Bertz CT molecular complexity index is 577. The van der Waals surface area contributed by atoms with Crippen LogP contribution in [0, 0.1) is 0 Å². The van der Waals surface area contributed by atoms with Gasteiger partial charge in [0.25, 0.3) is 0 Å². The predicted octanol–water partition coefficient (Wildman–Crippen LogP) is 2.28. The summed E-state index contributed by atoms with van der Waals surface area (Å²) in [6.45, 7) is 5.06. The van der Waals surface area contributed by atoms with Gasteiger partial charge < -0.3 is 9.47 Å². The molecule has 0 radical (unpaired) electrons. The molecule has 1 fully saturated rings. The van der Waals surface area contributed by atoms with E-state index in [2.05, 4.69) is 4.72 Å². The van der Waals surface area contributed by atoms with E-state index in [0.29, 0.717) is 18.9 Å². The second kappa shape index (κ2) is 6.77. The third-order valence-electron chi connectivity index (χ3n) is 3.66. The number of ether oxygens (including phenoxy) is 2. The first kappa shape index (κ1) is 16.3. The number of sulfonamides is 1. The molecular formula is C15H23NO4S. The third-order valence-corrected chi connectivity index (χ3v) is 5.08. The minimum atomic E-state index is -3.51. The number of nitrogens with one attached hydrogen (secondary N) is 1. The van der Waals surface area contributed by atoms with Gasteiger partial charge in [0.1, 0.15) is 5.75 Å². The summed E-state index contributed by atoms with van der Waals surface area (Å²) < 4.78 is 38.1. The van der Waals surface area contributed by atoms with Crippen molar-refractivity contribution >= 4 is 10.0 Å². The molecule has 0 aromatic heterocycles. The van der Waals surface area contributed by atoms with E-state index in [-0.39, 0.29) is 16.9 Å². The third kappa shape index (κ3) is 3.96. The van der Waals surface area contributed by atoms with Crippen molar-refractivity contribution in [3.63, 3.8) is 0 Å². The van der Waals surface area contributed by atoms with Gasteiger partial charge in [0.2, 0.25) is 10.0 Å². The highest BCUT2D eigenvalue weighted by atomic mass is 32.2. The highest BCUT2D eigenvalue weighted by molar-refractivity contribution is 7.89. The minimum absolute atomic E-state index is 0.0115. The molecule has 0 bridgehead atoms. The second-order valence-electron chi connectivity index (χ2n) is 5.55. The van der Waals surface area contributed by atoms with E-state index in [9.17, 15) is 8.42 Å². The van der Waals surface area contributed by atoms with Crippen LogP contribution in [-0.2, 0) is 14.8 Å². The Kier molecular flexibility index (Phi) is 5.24. The maximum Gasteiger partial charge on any atom is 0.240 e. The van der Waals surface area contributed by atoms with Gasteiger partial charge in [0, 0.05) is 13.2 Å². The molecule has 0 unspecified atom stereocenters. The lowest BCUT2D eigenvalue weighted by atomic mass is 10.0. The Balaban J connectivity index is 2.17. The fourth-order valence-corrected chi connectivity index (χ4v) is 3.52. The van der Waals surface area contributed by atoms with Gasteiger partial charge in [0.15, 0.2) is 0 Å². The number of methoxy groups -OCH3 is 1. The SMILES string of the molecule is COc1ccc(S(=O)(=O)NC[C@H]2CCCO2)cc1C(C)C. The fraction of sp³-hybridized carbons (Fsp3) is 0.600. The zero-order valence-electron chi connectivity index (χ0n) is 12.8. The van der Waals surface area contributed by atoms with Crippen molar-refractivity contribution in [1.29, 1.82) is 0 Å². The van der Waals surface area contributed by atoms with Crippen molar-refractivity contribution in [1.82, 2.24) is 4.72 Å². The van der Waals surface area contributed by atoms with Crippen LogP contribution in [0.4, 0.5) is 0 Å². The Hall–Kier alpha value is -1.11. The van der Waals surface area contributed by atoms with Gasteiger partial charge in [0.05, 0.1) is 18.1 Å². The number of hydrogen-bond donors (Lipinski definition) is 1. The van der Waals surface area contributed by atoms with Gasteiger partial charge in [-0.25, -0.2) is 13.1 Å². The maximum absolute atomic E-state index is 12.4. The van der Waals surface area contributed by atoms with Crippen molar-refractivity contribution in [2.24, 2.45) is 0 Å². The van der Waals surface area contributed by atoms with Crippen LogP contribution in [0.25, 0.3) is 0 Å². The molecule has 1 aliphatic rings. The van der Waals surface area contributed by atoms with Gasteiger partial charge >= 0.3 is 0 Å². The number of hydrogen-bond acceptors (Lipinski definition) is 4. The fourth-order valence-electron chi connectivity index (χ4n) is 2.42. The summed E-state index contributed by atoms with van der Waals surface area (Å²) in [5.41, 5.74) is 0.887. The van der Waals surface area contributed by atoms with E-state index in [1.807, 2.05) is 13.8 Å². The molecular weight excluding hydrogens is 290 g/mol. The lowest BCUT2D eigenvalue weighted by Gasteiger charge is -2.15. The Morgan fingerprint density at radius 3 is 2.76 bits per heavy atom. The summed E-state index contributed by atoms with van der Waals surface area (Å²) in [5, 5.41) is 0. The molecule has 1 heterocycles. The zero-order valence-corrected chi connectivity index (χ0v) is 13.6. The van der Waals surface area contributed by atoms with Crippen LogP contribution in [0.15, 0.2) is 23.1 Å². The summed E-state index contributed by atoms with van der Waals surface area (Å²) in [4.78, 5) is 0.269. The van der Waals surface area contributed by atoms with E-state index in [0.717, 1.165) is 18.4 Å². The number of rotatable bonds is 6. The molecule has 1 aromatic carbocycles. The molecule has 118 valence electrons. The molecule has 1 aliphatic heterocycles. The van der Waals surface area contributed by atoms with Crippen LogP contribution in [0.2, 0.25) is 0 Å². The van der Waals surface area contributed by atoms with Crippen LogP contribution < -0.4 is 9.46 Å². The van der Waals surface area contributed by atoms with Gasteiger partial charge in [-0.1, -0.05) is 13.8 Å². The van der Waals surface area contributed by atoms with E-state index in [4.69, 9.17) is 9.47 Å². The van der Waals surface area contributed by atoms with Crippen molar-refractivity contribution in [3.8, 4) is 5.75 Å². The van der Waals surface area contributed by atoms with Crippen molar-refractivity contribution < 1.29 is 17.9 Å². The Morgan fingerprint density at radius 1 is 1.43 bits per heavy atom. The lowest BCUT2D eigenvalue weighted by Crippen LogP contribution is -2.31. The van der Waals surface area contributed by atoms with E-state index >= 15 is 0 Å². The van der Waals surface area contributed by atoms with Gasteiger partial charge in [-0.05, 0) is 42.5 Å². The van der Waals surface area contributed by atoms with Crippen molar-refractivity contribution in [3.05, 3.63) is 23.8 Å². The monoisotopic (exact) mass is 313 g/mol. The highest BCUT2D eigenvalue weighted by Crippen LogP contribution is 2.28. The first-order valence-corrected chi connectivity index (χ1v) is 8.71. The van der Waals surface area contributed by atoms with E-state index in [1.54, 1.807) is 25.3 Å². The standard InChI is InChI=1S/C15H23NO4S/c1-11(2)14-9-13(6-7-15(14)19-3)21(17,18)16-10-12-5-4-8-20-12/h6-7,9,11-12,16H,4-5,8,10H2,1-3H3/t12-/m1/s1. The van der Waals surface area contributed by atoms with Gasteiger partial charge in [-0.2, -0.15) is 0 Å². The van der Waals surface area contributed by atoms with E-state index < -0.39 is 10.0 Å². The van der Waals surface area contributed by atoms with Crippen LogP contribution in [0.3, 0.4) is 0 Å². The molecule has 0 spiro atoms. The highest BCUT2D eigenvalue weighted by Gasteiger charge is 2.21. The minimum Gasteiger partial charge on any atom is -0.496 e. The summed E-state index contributed by atoms with van der Waals surface area (Å²) in [7, 11) is -1.93. The van der Waals surface area contributed by atoms with Gasteiger partial charge in [-0.3, -0.25) is 0 Å². The molecule has 1 saturated heterocycles. The molecule has 2 rings (SSSR count). The van der Waals surface area contributed by atoms with Gasteiger partial charge in [-0.15, -0.1) is 0 Å². The first-order chi connectivity index (χ1) is 9.94. The molecule has 1 atom stereocenters. The lowest BCUT2D eigenvalue weighted by molar-refractivity contribution is 0.114. The molecule has 21 heavy (non-hydrogen) atoms. The van der Waals surface area contributed by atoms with Crippen molar-refractivity contribution in [2.75, 3.05) is 20.3 Å². The molecule has 1 aromatic rings. The average molecular weight is 313 g/mol. The Labute approximate surface area is 126 Å². The van der Waals surface area contributed by atoms with Crippen LogP contribution >= 0.6 is 0 Å². The molecule has 0 saturated carbocycles. The molecule has 0 aliphatic carbocycles. The van der Waals surface area contributed by atoms with Crippen LogP contribution in [0.1, 0.15) is 38.2 Å².